The summed E-state index contributed by atoms with van der Waals surface area (Å²) in [4.78, 5) is 11.6. The van der Waals surface area contributed by atoms with E-state index in [1.807, 2.05) is 30.3 Å². The lowest BCUT2D eigenvalue weighted by atomic mass is 10.1. The van der Waals surface area contributed by atoms with Crippen LogP contribution in [0.3, 0.4) is 0 Å². The van der Waals surface area contributed by atoms with E-state index in [0.717, 1.165) is 12.0 Å². The van der Waals surface area contributed by atoms with Crippen LogP contribution >= 0.6 is 11.8 Å². The average molecular weight is 280 g/mol. The summed E-state index contributed by atoms with van der Waals surface area (Å²) in [6.45, 7) is 6.95. The van der Waals surface area contributed by atoms with Gasteiger partial charge in [0.15, 0.2) is 0 Å². The highest BCUT2D eigenvalue weighted by Gasteiger charge is 2.13. The number of carbonyl (C=O) groups excluding carboxylic acids is 1. The molecule has 3 N–H and O–H groups in total. The van der Waals surface area contributed by atoms with Crippen LogP contribution in [0.15, 0.2) is 30.3 Å². The maximum Gasteiger partial charge on any atom is 0.230 e. The summed E-state index contributed by atoms with van der Waals surface area (Å²) >= 11 is 1.65. The Morgan fingerprint density at radius 2 is 1.95 bits per heavy atom. The highest BCUT2D eigenvalue weighted by Crippen LogP contribution is 2.22. The molecule has 0 aliphatic rings. The van der Waals surface area contributed by atoms with Crippen LogP contribution in [0.25, 0.3) is 0 Å². The normalized spacial score (nSPS) is 13.1. The van der Waals surface area contributed by atoms with E-state index in [2.05, 4.69) is 26.1 Å². The van der Waals surface area contributed by atoms with Gasteiger partial charge in [0, 0.05) is 17.3 Å². The van der Waals surface area contributed by atoms with Crippen molar-refractivity contribution in [3.05, 3.63) is 35.9 Å². The zero-order valence-corrected chi connectivity index (χ0v) is 12.8. The SMILES string of the molecule is CC(C)(C)SCC(=O)NCCC(N)c1ccccc1. The minimum atomic E-state index is -0.0169. The van der Waals surface area contributed by atoms with Gasteiger partial charge >= 0.3 is 0 Å². The monoisotopic (exact) mass is 280 g/mol. The van der Waals surface area contributed by atoms with Gasteiger partial charge in [-0.2, -0.15) is 0 Å². The van der Waals surface area contributed by atoms with E-state index in [0.29, 0.717) is 12.3 Å². The Labute approximate surface area is 120 Å². The Morgan fingerprint density at radius 3 is 2.53 bits per heavy atom. The van der Waals surface area contributed by atoms with E-state index >= 15 is 0 Å². The van der Waals surface area contributed by atoms with E-state index in [9.17, 15) is 4.79 Å². The third-order valence-electron chi connectivity index (χ3n) is 2.64. The highest BCUT2D eigenvalue weighted by molar-refractivity contribution is 8.01. The Bertz CT molecular complexity index is 387. The van der Waals surface area contributed by atoms with Gasteiger partial charge in [0.2, 0.25) is 5.91 Å². The molecule has 0 aromatic heterocycles. The first-order valence-electron chi connectivity index (χ1n) is 6.59. The fourth-order valence-corrected chi connectivity index (χ4v) is 2.23. The summed E-state index contributed by atoms with van der Waals surface area (Å²) in [5, 5.41) is 2.92. The molecule has 0 saturated carbocycles. The molecule has 4 heteroatoms. The van der Waals surface area contributed by atoms with Crippen molar-refractivity contribution in [1.29, 1.82) is 0 Å². The molecule has 1 amide bonds. The summed E-state index contributed by atoms with van der Waals surface area (Å²) in [7, 11) is 0. The third-order valence-corrected chi connectivity index (χ3v) is 3.91. The standard InChI is InChI=1S/C15H24N2OS/c1-15(2,3)19-11-14(18)17-10-9-13(16)12-7-5-4-6-8-12/h4-8,13H,9-11,16H2,1-3H3,(H,17,18). The first kappa shape index (κ1) is 16.1. The summed E-state index contributed by atoms with van der Waals surface area (Å²) in [6.07, 6.45) is 0.760. The Morgan fingerprint density at radius 1 is 1.32 bits per heavy atom. The molecule has 3 nitrogen and oxygen atoms in total. The zero-order valence-electron chi connectivity index (χ0n) is 12.0. The van der Waals surface area contributed by atoms with Crippen molar-refractivity contribution in [2.24, 2.45) is 5.73 Å². The summed E-state index contributed by atoms with van der Waals surface area (Å²) in [5.41, 5.74) is 7.18. The van der Waals surface area contributed by atoms with Gasteiger partial charge in [0.1, 0.15) is 0 Å². The Balaban J connectivity index is 2.22. The number of nitrogens with one attached hydrogen (secondary N) is 1. The van der Waals surface area contributed by atoms with Crippen molar-refractivity contribution in [3.63, 3.8) is 0 Å². The van der Waals surface area contributed by atoms with E-state index in [4.69, 9.17) is 5.73 Å². The molecule has 0 aliphatic heterocycles. The molecule has 1 aromatic carbocycles. The second kappa shape index (κ2) is 7.56. The molecule has 0 heterocycles. The van der Waals surface area contributed by atoms with Crippen LogP contribution in [0.4, 0.5) is 0 Å². The molecule has 0 bridgehead atoms. The Hall–Kier alpha value is -1.00. The predicted molar refractivity (Wildman–Crippen MR) is 83.2 cm³/mol. The average Bonchev–Trinajstić information content (AvgIpc) is 2.36. The molecule has 0 saturated heterocycles. The van der Waals surface area contributed by atoms with Crippen LogP contribution in [-0.2, 0) is 4.79 Å². The van der Waals surface area contributed by atoms with E-state index in [1.54, 1.807) is 11.8 Å². The molecule has 1 unspecified atom stereocenters. The summed E-state index contributed by atoms with van der Waals surface area (Å²) in [6, 6.07) is 9.95. The number of rotatable bonds is 6. The fraction of sp³-hybridized carbons (Fsp3) is 0.533. The molecule has 0 fully saturated rings. The molecular formula is C15H24N2OS. The molecule has 19 heavy (non-hydrogen) atoms. The number of hydrogen-bond donors (Lipinski definition) is 2. The maximum atomic E-state index is 11.6. The summed E-state index contributed by atoms with van der Waals surface area (Å²) in [5.74, 6) is 0.588. The van der Waals surface area contributed by atoms with E-state index in [1.165, 1.54) is 0 Å². The maximum absolute atomic E-state index is 11.6. The second-order valence-electron chi connectivity index (χ2n) is 5.56. The summed E-state index contributed by atoms with van der Waals surface area (Å²) < 4.78 is 0.123. The minimum absolute atomic E-state index is 0.0169. The van der Waals surface area contributed by atoms with Gasteiger partial charge in [-0.05, 0) is 12.0 Å². The molecule has 0 radical (unpaired) electrons. The quantitative estimate of drug-likeness (QED) is 0.842. The molecule has 0 aliphatic carbocycles. The lowest BCUT2D eigenvalue weighted by molar-refractivity contribution is -0.118. The van der Waals surface area contributed by atoms with Gasteiger partial charge in [-0.1, -0.05) is 51.1 Å². The minimum Gasteiger partial charge on any atom is -0.355 e. The lowest BCUT2D eigenvalue weighted by Gasteiger charge is -2.17. The number of amides is 1. The van der Waals surface area contributed by atoms with Crippen molar-refractivity contribution in [3.8, 4) is 0 Å². The number of carbonyl (C=O) groups is 1. The van der Waals surface area contributed by atoms with Gasteiger partial charge < -0.3 is 11.1 Å². The van der Waals surface area contributed by atoms with Crippen LogP contribution in [0.5, 0.6) is 0 Å². The number of benzene rings is 1. The first-order valence-corrected chi connectivity index (χ1v) is 7.58. The van der Waals surface area contributed by atoms with Crippen LogP contribution in [-0.4, -0.2) is 23.0 Å². The van der Waals surface area contributed by atoms with Crippen molar-refractivity contribution in [1.82, 2.24) is 5.32 Å². The number of nitrogens with two attached hydrogens (primary N) is 1. The second-order valence-corrected chi connectivity index (χ2v) is 7.36. The van der Waals surface area contributed by atoms with Crippen LogP contribution in [0, 0.1) is 0 Å². The molecule has 1 aromatic rings. The smallest absolute Gasteiger partial charge is 0.230 e. The van der Waals surface area contributed by atoms with Gasteiger partial charge in [-0.3, -0.25) is 4.79 Å². The first-order chi connectivity index (χ1) is 8.88. The van der Waals surface area contributed by atoms with Crippen molar-refractivity contribution < 1.29 is 4.79 Å². The highest BCUT2D eigenvalue weighted by atomic mass is 32.2. The van der Waals surface area contributed by atoms with E-state index < -0.39 is 0 Å². The van der Waals surface area contributed by atoms with Crippen molar-refractivity contribution in [2.75, 3.05) is 12.3 Å². The van der Waals surface area contributed by atoms with Crippen LogP contribution in [0.1, 0.15) is 38.8 Å². The van der Waals surface area contributed by atoms with Gasteiger partial charge in [0.05, 0.1) is 5.75 Å². The third kappa shape index (κ3) is 7.23. The molecule has 106 valence electrons. The molecule has 1 atom stereocenters. The van der Waals surface area contributed by atoms with E-state index in [-0.39, 0.29) is 16.7 Å². The van der Waals surface area contributed by atoms with Crippen LogP contribution in [0.2, 0.25) is 0 Å². The topological polar surface area (TPSA) is 55.1 Å². The Kier molecular flexibility index (Phi) is 6.38. The number of hydrogen-bond acceptors (Lipinski definition) is 3. The predicted octanol–water partition coefficient (Wildman–Crippen LogP) is 2.72. The van der Waals surface area contributed by atoms with Crippen molar-refractivity contribution in [2.45, 2.75) is 38.0 Å². The molecule has 1 rings (SSSR count). The molecular weight excluding hydrogens is 256 g/mol. The van der Waals surface area contributed by atoms with Crippen molar-refractivity contribution >= 4 is 17.7 Å². The zero-order chi connectivity index (χ0) is 14.3. The van der Waals surface area contributed by atoms with Gasteiger partial charge in [0.25, 0.3) is 0 Å². The number of thioether (sulfide) groups is 1. The fourth-order valence-electron chi connectivity index (χ4n) is 1.57. The molecule has 0 spiro atoms. The van der Waals surface area contributed by atoms with Gasteiger partial charge in [-0.15, -0.1) is 11.8 Å². The largest absolute Gasteiger partial charge is 0.355 e. The lowest BCUT2D eigenvalue weighted by Crippen LogP contribution is -2.29. The van der Waals surface area contributed by atoms with Crippen LogP contribution < -0.4 is 11.1 Å². The van der Waals surface area contributed by atoms with Gasteiger partial charge in [-0.25, -0.2) is 0 Å².